The number of hydrogen-bond donors (Lipinski definition) is 1. The van der Waals surface area contributed by atoms with E-state index < -0.39 is 11.7 Å². The summed E-state index contributed by atoms with van der Waals surface area (Å²) in [5.74, 6) is 0. The molecule has 1 N–H and O–H groups in total. The summed E-state index contributed by atoms with van der Waals surface area (Å²) in [7, 11) is 0. The van der Waals surface area contributed by atoms with Crippen molar-refractivity contribution in [3.63, 3.8) is 0 Å². The van der Waals surface area contributed by atoms with Gasteiger partial charge in [-0.2, -0.15) is 5.26 Å². The van der Waals surface area contributed by atoms with Gasteiger partial charge in [-0.1, -0.05) is 17.7 Å². The fourth-order valence-corrected chi connectivity index (χ4v) is 2.48. The summed E-state index contributed by atoms with van der Waals surface area (Å²) in [4.78, 5) is 0. The number of nitriles is 1. The highest BCUT2D eigenvalue weighted by Gasteiger charge is 2.42. The molecule has 18 heavy (non-hydrogen) atoms. The van der Waals surface area contributed by atoms with Gasteiger partial charge >= 0.3 is 0 Å². The van der Waals surface area contributed by atoms with Crippen LogP contribution in [0.3, 0.4) is 0 Å². The van der Waals surface area contributed by atoms with Crippen LogP contribution in [0.5, 0.6) is 0 Å². The first-order valence-electron chi connectivity index (χ1n) is 6.04. The highest BCUT2D eigenvalue weighted by Crippen LogP contribution is 2.41. The van der Waals surface area contributed by atoms with E-state index >= 15 is 0 Å². The summed E-state index contributed by atoms with van der Waals surface area (Å²) in [6, 6.07) is 7.77. The average molecular weight is 266 g/mol. The summed E-state index contributed by atoms with van der Waals surface area (Å²) in [5.41, 5.74) is 0.986. The molecule has 3 atom stereocenters. The molecule has 0 spiro atoms. The number of benzene rings is 1. The lowest BCUT2D eigenvalue weighted by molar-refractivity contribution is -0.0984. The highest BCUT2D eigenvalue weighted by molar-refractivity contribution is 6.30. The maximum Gasteiger partial charge on any atom is 0.180 e. The van der Waals surface area contributed by atoms with Gasteiger partial charge < -0.3 is 9.84 Å². The minimum Gasteiger partial charge on any atom is -0.391 e. The first-order chi connectivity index (χ1) is 8.48. The molecule has 0 fully saturated rings. The minimum atomic E-state index is -0.948. The predicted molar refractivity (Wildman–Crippen MR) is 69.3 cm³/mol. The molecule has 1 aromatic carbocycles. The number of aliphatic hydroxyl groups is 1. The van der Waals surface area contributed by atoms with Gasteiger partial charge in [0.25, 0.3) is 0 Å². The van der Waals surface area contributed by atoms with E-state index in [2.05, 4.69) is 6.07 Å². The van der Waals surface area contributed by atoms with Crippen molar-refractivity contribution in [2.24, 2.45) is 0 Å². The van der Waals surface area contributed by atoms with Crippen molar-refractivity contribution in [3.8, 4) is 6.07 Å². The van der Waals surface area contributed by atoms with Crippen molar-refractivity contribution in [1.29, 1.82) is 5.26 Å². The van der Waals surface area contributed by atoms with Crippen LogP contribution in [0.1, 0.15) is 31.4 Å². The number of aliphatic hydroxyl groups excluding tert-OH is 1. The second kappa shape index (κ2) is 4.89. The van der Waals surface area contributed by atoms with E-state index in [1.165, 1.54) is 0 Å². The van der Waals surface area contributed by atoms with E-state index in [0.29, 0.717) is 11.4 Å². The Balaban J connectivity index is 2.35. The second-order valence-electron chi connectivity index (χ2n) is 4.80. The largest absolute Gasteiger partial charge is 0.391 e. The molecule has 0 aliphatic heterocycles. The third-order valence-corrected chi connectivity index (χ3v) is 3.73. The van der Waals surface area contributed by atoms with Crippen LogP contribution in [0, 0.1) is 11.3 Å². The monoisotopic (exact) mass is 265 g/mol. The van der Waals surface area contributed by atoms with Crippen LogP contribution in [0.15, 0.2) is 18.2 Å². The van der Waals surface area contributed by atoms with Crippen LogP contribution in [0.2, 0.25) is 5.02 Å². The highest BCUT2D eigenvalue weighted by atomic mass is 35.5. The normalized spacial score (nSPS) is 25.3. The summed E-state index contributed by atoms with van der Waals surface area (Å²) in [5, 5.41) is 19.7. The Hall–Kier alpha value is -1.08. The molecule has 0 radical (unpaired) electrons. The van der Waals surface area contributed by atoms with Crippen molar-refractivity contribution in [2.45, 2.75) is 44.5 Å². The lowest BCUT2D eigenvalue weighted by Crippen LogP contribution is -2.34. The van der Waals surface area contributed by atoms with Gasteiger partial charge in [0.2, 0.25) is 0 Å². The molecule has 4 heteroatoms. The first-order valence-corrected chi connectivity index (χ1v) is 6.42. The molecule has 1 aliphatic carbocycles. The first kappa shape index (κ1) is 13.4. The van der Waals surface area contributed by atoms with Gasteiger partial charge in [-0.3, -0.25) is 0 Å². The van der Waals surface area contributed by atoms with Crippen LogP contribution < -0.4 is 0 Å². The van der Waals surface area contributed by atoms with Crippen molar-refractivity contribution >= 4 is 11.6 Å². The molecular weight excluding hydrogens is 250 g/mol. The van der Waals surface area contributed by atoms with E-state index in [1.807, 2.05) is 12.1 Å². The van der Waals surface area contributed by atoms with Crippen molar-refractivity contribution in [1.82, 2.24) is 0 Å². The summed E-state index contributed by atoms with van der Waals surface area (Å²) < 4.78 is 5.82. The second-order valence-corrected chi connectivity index (χ2v) is 5.24. The molecule has 3 nitrogen and oxygen atoms in total. The Labute approximate surface area is 112 Å². The van der Waals surface area contributed by atoms with Gasteiger partial charge in [0, 0.05) is 10.6 Å². The molecule has 1 aromatic rings. The standard InChI is InChI=1S/C14H16ClNO2/c1-9(17)10(2)18-14(8-16)6-5-11-7-12(15)3-4-13(11)14/h3-4,7,9-10,17H,5-6H2,1-2H3. The predicted octanol–water partition coefficient (Wildman–Crippen LogP) is 2.79. The zero-order chi connectivity index (χ0) is 13.3. The average Bonchev–Trinajstić information content (AvgIpc) is 2.68. The number of nitrogens with zero attached hydrogens (tertiary/aromatic N) is 1. The van der Waals surface area contributed by atoms with E-state index in [9.17, 15) is 10.4 Å². The van der Waals surface area contributed by atoms with Crippen molar-refractivity contribution in [2.75, 3.05) is 0 Å². The Morgan fingerprint density at radius 1 is 1.50 bits per heavy atom. The fraction of sp³-hybridized carbons (Fsp3) is 0.500. The lowest BCUT2D eigenvalue weighted by Gasteiger charge is -2.28. The third kappa shape index (κ3) is 2.24. The SMILES string of the molecule is CC(O)C(C)OC1(C#N)CCc2cc(Cl)ccc21. The van der Waals surface area contributed by atoms with E-state index in [1.54, 1.807) is 19.9 Å². The summed E-state index contributed by atoms with van der Waals surface area (Å²) in [6.45, 7) is 3.44. The summed E-state index contributed by atoms with van der Waals surface area (Å²) in [6.07, 6.45) is 0.393. The van der Waals surface area contributed by atoms with Gasteiger partial charge in [-0.05, 0) is 44.4 Å². The lowest BCUT2D eigenvalue weighted by atomic mass is 9.97. The maximum atomic E-state index is 9.53. The minimum absolute atomic E-state index is 0.383. The molecule has 0 saturated heterocycles. The molecule has 2 rings (SSSR count). The Kier molecular flexibility index (Phi) is 3.63. The van der Waals surface area contributed by atoms with Gasteiger partial charge in [0.1, 0.15) is 6.07 Å². The van der Waals surface area contributed by atoms with E-state index in [4.69, 9.17) is 16.3 Å². The number of hydrogen-bond acceptors (Lipinski definition) is 3. The smallest absolute Gasteiger partial charge is 0.180 e. The fourth-order valence-electron chi connectivity index (χ4n) is 2.29. The van der Waals surface area contributed by atoms with Crippen molar-refractivity contribution < 1.29 is 9.84 Å². The molecule has 3 unspecified atom stereocenters. The van der Waals surface area contributed by atoms with Crippen LogP contribution in [-0.4, -0.2) is 17.3 Å². The molecular formula is C14H16ClNO2. The molecule has 0 saturated carbocycles. The van der Waals surface area contributed by atoms with Crippen LogP contribution in [-0.2, 0) is 16.8 Å². The molecule has 0 amide bonds. The molecule has 1 aliphatic rings. The zero-order valence-electron chi connectivity index (χ0n) is 10.5. The van der Waals surface area contributed by atoms with E-state index in [-0.39, 0.29) is 6.10 Å². The van der Waals surface area contributed by atoms with Crippen molar-refractivity contribution in [3.05, 3.63) is 34.3 Å². The molecule has 96 valence electrons. The van der Waals surface area contributed by atoms with Gasteiger partial charge in [-0.25, -0.2) is 0 Å². The van der Waals surface area contributed by atoms with Crippen LogP contribution in [0.25, 0.3) is 0 Å². The van der Waals surface area contributed by atoms with Gasteiger partial charge in [0.05, 0.1) is 12.2 Å². The Morgan fingerprint density at radius 2 is 2.22 bits per heavy atom. The third-order valence-electron chi connectivity index (χ3n) is 3.50. The van der Waals surface area contributed by atoms with Gasteiger partial charge in [-0.15, -0.1) is 0 Å². The van der Waals surface area contributed by atoms with Crippen LogP contribution in [0.4, 0.5) is 0 Å². The molecule has 0 aromatic heterocycles. The van der Waals surface area contributed by atoms with Crippen LogP contribution >= 0.6 is 11.6 Å². The topological polar surface area (TPSA) is 53.2 Å². The number of fused-ring (bicyclic) bond motifs is 1. The molecule has 0 heterocycles. The number of rotatable bonds is 3. The van der Waals surface area contributed by atoms with E-state index in [0.717, 1.165) is 17.5 Å². The number of ether oxygens (including phenoxy) is 1. The number of halogens is 1. The Bertz CT molecular complexity index is 495. The summed E-state index contributed by atoms with van der Waals surface area (Å²) >= 11 is 5.95. The van der Waals surface area contributed by atoms with Gasteiger partial charge in [0.15, 0.2) is 5.60 Å². The Morgan fingerprint density at radius 3 is 2.83 bits per heavy atom. The maximum absolute atomic E-state index is 9.53. The molecule has 0 bridgehead atoms. The number of aryl methyl sites for hydroxylation is 1. The quantitative estimate of drug-likeness (QED) is 0.914. The zero-order valence-corrected chi connectivity index (χ0v) is 11.2.